The molecule has 0 saturated heterocycles. The van der Waals surface area contributed by atoms with Crippen molar-refractivity contribution in [3.8, 4) is 0 Å². The number of nitrogens with one attached hydrogen (secondary N) is 2. The first-order valence-corrected chi connectivity index (χ1v) is 2.63. The fourth-order valence-corrected chi connectivity index (χ4v) is 0.491. The second-order valence-corrected chi connectivity index (χ2v) is 1.51. The number of hydrazine groups is 2. The predicted molar refractivity (Wildman–Crippen MR) is 29.6 cm³/mol. The molecule has 1 aliphatic heterocycles. The Balaban J connectivity index is 2.28. The van der Waals surface area contributed by atoms with Crippen molar-refractivity contribution in [1.82, 2.24) is 15.5 Å². The molecule has 0 bridgehead atoms. The molecule has 1 aliphatic rings. The predicted octanol–water partition coefficient (Wildman–Crippen LogP) is -0.306. The van der Waals surface area contributed by atoms with Gasteiger partial charge in [0.05, 0.1) is 0 Å². The van der Waals surface area contributed by atoms with Crippen molar-refractivity contribution >= 4 is 18.3 Å². The SMILES string of the molecule is [CH2]SN1N=CNN1. The number of rotatable bonds is 1. The van der Waals surface area contributed by atoms with Gasteiger partial charge in [-0.1, -0.05) is 0 Å². The summed E-state index contributed by atoms with van der Waals surface area (Å²) in [7, 11) is 0. The zero-order valence-electron chi connectivity index (χ0n) is 3.59. The Labute approximate surface area is 46.0 Å². The van der Waals surface area contributed by atoms with Crippen molar-refractivity contribution in [2.24, 2.45) is 5.10 Å². The number of hydrazone groups is 1. The molecule has 0 aliphatic carbocycles. The van der Waals surface area contributed by atoms with Crippen LogP contribution < -0.4 is 11.0 Å². The molecule has 0 fully saturated rings. The van der Waals surface area contributed by atoms with E-state index in [1.165, 1.54) is 22.8 Å². The van der Waals surface area contributed by atoms with Gasteiger partial charge in [-0.2, -0.15) is 0 Å². The molecule has 0 saturated carbocycles. The molecular weight excluding hydrogens is 112 g/mol. The third-order valence-electron chi connectivity index (χ3n) is 0.510. The highest BCUT2D eigenvalue weighted by Crippen LogP contribution is 2.02. The van der Waals surface area contributed by atoms with Crippen LogP contribution in [0.1, 0.15) is 0 Å². The number of hydrogen-bond donors (Lipinski definition) is 2. The van der Waals surface area contributed by atoms with Crippen LogP contribution in [-0.2, 0) is 0 Å². The van der Waals surface area contributed by atoms with Gasteiger partial charge in [0.15, 0.2) is 0 Å². The summed E-state index contributed by atoms with van der Waals surface area (Å²) >= 11 is 1.24. The highest BCUT2D eigenvalue weighted by atomic mass is 32.2. The topological polar surface area (TPSA) is 39.7 Å². The molecular formula is C2H5N4S. The normalized spacial score (nSPS) is 17.6. The third-order valence-corrected chi connectivity index (χ3v) is 0.940. The second kappa shape index (κ2) is 2.04. The van der Waals surface area contributed by atoms with Gasteiger partial charge in [-0.25, -0.2) is 0 Å². The summed E-state index contributed by atoms with van der Waals surface area (Å²) in [6, 6.07) is 0. The maximum absolute atomic E-state index is 3.74. The van der Waals surface area contributed by atoms with Gasteiger partial charge in [-0.05, 0) is 11.9 Å². The summed E-state index contributed by atoms with van der Waals surface area (Å²) in [4.78, 5) is 0. The van der Waals surface area contributed by atoms with Crippen LogP contribution in [0.3, 0.4) is 0 Å². The summed E-state index contributed by atoms with van der Waals surface area (Å²) in [6.07, 6.45) is 5.03. The fourth-order valence-electron chi connectivity index (χ4n) is 0.260. The van der Waals surface area contributed by atoms with Gasteiger partial charge in [0.25, 0.3) is 0 Å². The molecule has 0 aromatic carbocycles. The zero-order valence-corrected chi connectivity index (χ0v) is 4.40. The Morgan fingerprint density at radius 3 is 3.00 bits per heavy atom. The van der Waals surface area contributed by atoms with Crippen molar-refractivity contribution in [2.45, 2.75) is 0 Å². The first-order valence-electron chi connectivity index (χ1n) is 1.69. The van der Waals surface area contributed by atoms with Gasteiger partial charge < -0.3 is 0 Å². The lowest BCUT2D eigenvalue weighted by Crippen LogP contribution is -2.31. The average Bonchev–Trinajstić information content (AvgIpc) is 2.14. The van der Waals surface area contributed by atoms with E-state index in [9.17, 15) is 0 Å². The van der Waals surface area contributed by atoms with Gasteiger partial charge in [-0.3, -0.25) is 5.43 Å². The third kappa shape index (κ3) is 0.971. The zero-order chi connectivity index (χ0) is 5.11. The largest absolute Gasteiger partial charge is 0.290 e. The molecule has 0 amide bonds. The molecule has 1 heterocycles. The van der Waals surface area contributed by atoms with Gasteiger partial charge in [0.2, 0.25) is 0 Å². The first-order chi connectivity index (χ1) is 3.43. The quantitative estimate of drug-likeness (QED) is 0.462. The minimum Gasteiger partial charge on any atom is -0.290 e. The number of hydrogen-bond acceptors (Lipinski definition) is 5. The molecule has 2 N–H and O–H groups in total. The van der Waals surface area contributed by atoms with Gasteiger partial charge in [0.1, 0.15) is 6.34 Å². The van der Waals surface area contributed by atoms with Crippen LogP contribution in [0.4, 0.5) is 0 Å². The Kier molecular flexibility index (Phi) is 1.38. The molecule has 5 heteroatoms. The minimum atomic E-state index is 1.24. The van der Waals surface area contributed by atoms with Crippen molar-refractivity contribution in [2.75, 3.05) is 0 Å². The van der Waals surface area contributed by atoms with E-state index in [1.54, 1.807) is 0 Å². The van der Waals surface area contributed by atoms with E-state index in [0.29, 0.717) is 0 Å². The van der Waals surface area contributed by atoms with Crippen LogP contribution in [0.2, 0.25) is 0 Å². The molecule has 0 atom stereocenters. The van der Waals surface area contributed by atoms with Crippen LogP contribution in [0, 0.1) is 6.26 Å². The molecule has 7 heavy (non-hydrogen) atoms. The van der Waals surface area contributed by atoms with Crippen LogP contribution in [0.25, 0.3) is 0 Å². The Morgan fingerprint density at radius 2 is 2.71 bits per heavy atom. The van der Waals surface area contributed by atoms with Gasteiger partial charge in [-0.15, -0.1) is 15.2 Å². The van der Waals surface area contributed by atoms with E-state index in [1.807, 2.05) is 0 Å². The summed E-state index contributed by atoms with van der Waals surface area (Å²) in [5, 5.41) is 3.74. The summed E-state index contributed by atoms with van der Waals surface area (Å²) in [5.41, 5.74) is 5.31. The molecule has 1 rings (SSSR count). The van der Waals surface area contributed by atoms with Crippen LogP contribution in [0.5, 0.6) is 0 Å². The Hall–Kier alpha value is -0.420. The summed E-state index contributed by atoms with van der Waals surface area (Å²) in [6.45, 7) is 0. The first kappa shape index (κ1) is 4.73. The van der Waals surface area contributed by atoms with Gasteiger partial charge >= 0.3 is 0 Å². The van der Waals surface area contributed by atoms with Crippen molar-refractivity contribution in [3.63, 3.8) is 0 Å². The molecule has 1 radical (unpaired) electrons. The van der Waals surface area contributed by atoms with E-state index in [2.05, 4.69) is 22.3 Å². The van der Waals surface area contributed by atoms with E-state index in [0.717, 1.165) is 0 Å². The maximum atomic E-state index is 3.74. The summed E-state index contributed by atoms with van der Waals surface area (Å²) < 4.78 is 1.50. The van der Waals surface area contributed by atoms with Crippen molar-refractivity contribution in [1.29, 1.82) is 0 Å². The van der Waals surface area contributed by atoms with Crippen LogP contribution >= 0.6 is 11.9 Å². The smallest absolute Gasteiger partial charge is 0.127 e. The molecule has 0 spiro atoms. The monoisotopic (exact) mass is 117 g/mol. The maximum Gasteiger partial charge on any atom is 0.127 e. The van der Waals surface area contributed by atoms with E-state index in [-0.39, 0.29) is 0 Å². The molecule has 0 aromatic rings. The van der Waals surface area contributed by atoms with E-state index in [4.69, 9.17) is 0 Å². The lowest BCUT2D eigenvalue weighted by molar-refractivity contribution is 0.386. The van der Waals surface area contributed by atoms with Crippen LogP contribution in [0.15, 0.2) is 5.10 Å². The average molecular weight is 117 g/mol. The second-order valence-electron chi connectivity index (χ2n) is 0.903. The molecule has 0 unspecified atom stereocenters. The standard InChI is InChI=1S/C2H5N4S/c1-7-6-4-2-3-5-6/h2,5H,1H2,(H,3,4). The minimum absolute atomic E-state index is 1.24. The van der Waals surface area contributed by atoms with Crippen molar-refractivity contribution in [3.05, 3.63) is 6.26 Å². The lowest BCUT2D eigenvalue weighted by atomic mass is 11.4. The van der Waals surface area contributed by atoms with E-state index < -0.39 is 0 Å². The fraction of sp³-hybridized carbons (Fsp3) is 0. The molecule has 39 valence electrons. The van der Waals surface area contributed by atoms with E-state index >= 15 is 0 Å². The lowest BCUT2D eigenvalue weighted by Gasteiger charge is -2.05. The summed E-state index contributed by atoms with van der Waals surface area (Å²) in [5.74, 6) is 0. The van der Waals surface area contributed by atoms with Crippen LogP contribution in [-0.4, -0.2) is 10.9 Å². The molecule has 4 nitrogen and oxygen atoms in total. The highest BCUT2D eigenvalue weighted by Gasteiger charge is 1.97. The Bertz CT molecular complexity index is 81.8. The molecule has 0 aromatic heterocycles. The van der Waals surface area contributed by atoms with Crippen molar-refractivity contribution < 1.29 is 0 Å². The Morgan fingerprint density at radius 1 is 1.86 bits per heavy atom. The number of nitrogens with zero attached hydrogens (tertiary/aromatic N) is 2. The highest BCUT2D eigenvalue weighted by molar-refractivity contribution is 7.98. The van der Waals surface area contributed by atoms with Gasteiger partial charge in [0, 0.05) is 6.26 Å².